The maximum atomic E-state index is 10.8. The van der Waals surface area contributed by atoms with Crippen LogP contribution in [0.15, 0.2) is 5.11 Å². The highest BCUT2D eigenvalue weighted by atomic mass is 16.6. The standard InChI is InChI=1S/C8H13N3O4/c1-4-8(15-5(2)12)6(10-11-9)3-7(13)14-4/h4,6-8,13H,3H2,1-2H3/t4-,6?,7?,8-/m0/s1. The molecule has 0 amide bonds. The lowest BCUT2D eigenvalue weighted by molar-refractivity contribution is -0.210. The Hall–Kier alpha value is -1.30. The van der Waals surface area contributed by atoms with Gasteiger partial charge in [-0.05, 0) is 12.5 Å². The van der Waals surface area contributed by atoms with E-state index in [2.05, 4.69) is 10.0 Å². The summed E-state index contributed by atoms with van der Waals surface area (Å²) in [7, 11) is 0. The summed E-state index contributed by atoms with van der Waals surface area (Å²) in [5, 5.41) is 12.8. The average Bonchev–Trinajstić information content (AvgIpc) is 2.11. The first-order chi connectivity index (χ1) is 7.04. The third-order valence-corrected chi connectivity index (χ3v) is 2.16. The van der Waals surface area contributed by atoms with E-state index in [9.17, 15) is 9.90 Å². The Labute approximate surface area is 86.6 Å². The summed E-state index contributed by atoms with van der Waals surface area (Å²) in [5.74, 6) is -0.468. The zero-order valence-electron chi connectivity index (χ0n) is 8.53. The van der Waals surface area contributed by atoms with E-state index in [4.69, 9.17) is 15.0 Å². The SMILES string of the molecule is CC(=O)O[C@@H]1C(N=[N+]=[N-])CC(O)O[C@H]1C. The van der Waals surface area contributed by atoms with E-state index in [1.165, 1.54) is 6.92 Å². The van der Waals surface area contributed by atoms with Crippen molar-refractivity contribution in [2.24, 2.45) is 5.11 Å². The Morgan fingerprint density at radius 2 is 2.40 bits per heavy atom. The highest BCUT2D eigenvalue weighted by Crippen LogP contribution is 2.24. The highest BCUT2D eigenvalue weighted by Gasteiger charge is 2.37. The summed E-state index contributed by atoms with van der Waals surface area (Å²) < 4.78 is 10.0. The lowest BCUT2D eigenvalue weighted by Gasteiger charge is -2.35. The second kappa shape index (κ2) is 4.97. The summed E-state index contributed by atoms with van der Waals surface area (Å²) in [5.41, 5.74) is 8.34. The van der Waals surface area contributed by atoms with Crippen molar-refractivity contribution in [1.82, 2.24) is 0 Å². The normalized spacial score (nSPS) is 35.4. The molecule has 1 fully saturated rings. The Kier molecular flexibility index (Phi) is 3.90. The van der Waals surface area contributed by atoms with Gasteiger partial charge in [0.05, 0.1) is 12.1 Å². The fourth-order valence-electron chi connectivity index (χ4n) is 1.58. The molecule has 2 unspecified atom stereocenters. The van der Waals surface area contributed by atoms with Crippen molar-refractivity contribution in [3.63, 3.8) is 0 Å². The molecule has 1 saturated heterocycles. The first-order valence-corrected chi connectivity index (χ1v) is 4.59. The number of azide groups is 1. The van der Waals surface area contributed by atoms with Crippen LogP contribution in [-0.4, -0.2) is 35.6 Å². The van der Waals surface area contributed by atoms with Crippen molar-refractivity contribution >= 4 is 5.97 Å². The number of carbonyl (C=O) groups is 1. The Morgan fingerprint density at radius 3 is 2.93 bits per heavy atom. The number of esters is 1. The van der Waals surface area contributed by atoms with Gasteiger partial charge in [0, 0.05) is 18.3 Å². The monoisotopic (exact) mass is 215 g/mol. The number of rotatable bonds is 2. The van der Waals surface area contributed by atoms with E-state index in [1.807, 2.05) is 0 Å². The zero-order valence-corrected chi connectivity index (χ0v) is 8.53. The van der Waals surface area contributed by atoms with Crippen LogP contribution in [0.4, 0.5) is 0 Å². The first kappa shape index (κ1) is 11.8. The van der Waals surface area contributed by atoms with Gasteiger partial charge in [-0.1, -0.05) is 5.11 Å². The summed E-state index contributed by atoms with van der Waals surface area (Å²) in [6.45, 7) is 2.92. The zero-order chi connectivity index (χ0) is 11.4. The molecule has 0 aromatic carbocycles. The smallest absolute Gasteiger partial charge is 0.303 e. The number of aliphatic hydroxyl groups is 1. The second-order valence-electron chi connectivity index (χ2n) is 3.38. The van der Waals surface area contributed by atoms with E-state index >= 15 is 0 Å². The van der Waals surface area contributed by atoms with Gasteiger partial charge in [-0.2, -0.15) is 0 Å². The van der Waals surface area contributed by atoms with Gasteiger partial charge in [-0.15, -0.1) is 0 Å². The summed E-state index contributed by atoms with van der Waals surface area (Å²) in [6, 6.07) is -0.586. The second-order valence-corrected chi connectivity index (χ2v) is 3.38. The molecule has 0 aromatic rings. The van der Waals surface area contributed by atoms with Crippen molar-refractivity contribution in [2.45, 2.75) is 44.8 Å². The Bertz CT molecular complexity index is 290. The molecule has 84 valence electrons. The van der Waals surface area contributed by atoms with Gasteiger partial charge < -0.3 is 14.6 Å². The lowest BCUT2D eigenvalue weighted by Crippen LogP contribution is -2.48. The van der Waals surface area contributed by atoms with Crippen LogP contribution < -0.4 is 0 Å². The first-order valence-electron chi connectivity index (χ1n) is 4.59. The van der Waals surface area contributed by atoms with Crippen molar-refractivity contribution in [1.29, 1.82) is 0 Å². The number of ether oxygens (including phenoxy) is 2. The minimum atomic E-state index is -0.984. The fraction of sp³-hybridized carbons (Fsp3) is 0.875. The third-order valence-electron chi connectivity index (χ3n) is 2.16. The molecule has 0 bridgehead atoms. The van der Waals surface area contributed by atoms with Crippen LogP contribution >= 0.6 is 0 Å². The molecule has 0 aromatic heterocycles. The van der Waals surface area contributed by atoms with E-state index < -0.39 is 30.5 Å². The number of carbonyl (C=O) groups excluding carboxylic acids is 1. The van der Waals surface area contributed by atoms with Crippen LogP contribution in [0.5, 0.6) is 0 Å². The molecule has 7 nitrogen and oxygen atoms in total. The van der Waals surface area contributed by atoms with Crippen molar-refractivity contribution in [3.8, 4) is 0 Å². The molecule has 4 atom stereocenters. The topological polar surface area (TPSA) is 105 Å². The number of hydrogen-bond acceptors (Lipinski definition) is 5. The fourth-order valence-corrected chi connectivity index (χ4v) is 1.58. The molecular formula is C8H13N3O4. The molecule has 15 heavy (non-hydrogen) atoms. The van der Waals surface area contributed by atoms with Gasteiger partial charge in [-0.25, -0.2) is 0 Å². The summed E-state index contributed by atoms with van der Waals surface area (Å²) in [6.07, 6.45) is -1.98. The van der Waals surface area contributed by atoms with E-state index in [0.717, 1.165) is 0 Å². The Balaban J connectivity index is 2.76. The molecule has 1 aliphatic heterocycles. The lowest BCUT2D eigenvalue weighted by atomic mass is 10.0. The molecule has 0 aliphatic carbocycles. The summed E-state index contributed by atoms with van der Waals surface area (Å²) in [4.78, 5) is 13.5. The average molecular weight is 215 g/mol. The van der Waals surface area contributed by atoms with Gasteiger partial charge in [0.15, 0.2) is 6.29 Å². The van der Waals surface area contributed by atoms with Gasteiger partial charge >= 0.3 is 5.97 Å². The van der Waals surface area contributed by atoms with Crippen molar-refractivity contribution in [2.75, 3.05) is 0 Å². The minimum Gasteiger partial charge on any atom is -0.459 e. The van der Waals surface area contributed by atoms with Gasteiger partial charge in [0.2, 0.25) is 0 Å². The molecule has 1 heterocycles. The molecule has 1 N–H and O–H groups in total. The quantitative estimate of drug-likeness (QED) is 0.317. The largest absolute Gasteiger partial charge is 0.459 e. The molecule has 7 heteroatoms. The molecule has 0 radical (unpaired) electrons. The molecular weight excluding hydrogens is 202 g/mol. The van der Waals surface area contributed by atoms with E-state index in [1.54, 1.807) is 6.92 Å². The Morgan fingerprint density at radius 1 is 1.73 bits per heavy atom. The van der Waals surface area contributed by atoms with Gasteiger partial charge in [-0.3, -0.25) is 4.79 Å². The molecule has 1 aliphatic rings. The molecule has 0 saturated carbocycles. The maximum absolute atomic E-state index is 10.8. The highest BCUT2D eigenvalue weighted by molar-refractivity contribution is 5.66. The number of aliphatic hydroxyl groups excluding tert-OH is 1. The van der Waals surface area contributed by atoms with Gasteiger partial charge in [0.25, 0.3) is 0 Å². The van der Waals surface area contributed by atoms with Gasteiger partial charge in [0.1, 0.15) is 6.10 Å². The third kappa shape index (κ3) is 3.09. The van der Waals surface area contributed by atoms with Crippen LogP contribution in [0.1, 0.15) is 20.3 Å². The van der Waals surface area contributed by atoms with Crippen LogP contribution in [0, 0.1) is 0 Å². The van der Waals surface area contributed by atoms with Crippen LogP contribution in [0.2, 0.25) is 0 Å². The number of nitrogens with zero attached hydrogens (tertiary/aromatic N) is 3. The number of hydrogen-bond donors (Lipinski definition) is 1. The van der Waals surface area contributed by atoms with Crippen molar-refractivity contribution in [3.05, 3.63) is 10.4 Å². The van der Waals surface area contributed by atoms with E-state index in [-0.39, 0.29) is 6.42 Å². The van der Waals surface area contributed by atoms with Crippen molar-refractivity contribution < 1.29 is 19.4 Å². The van der Waals surface area contributed by atoms with Crippen LogP contribution in [0.3, 0.4) is 0 Å². The van der Waals surface area contributed by atoms with E-state index in [0.29, 0.717) is 0 Å². The minimum absolute atomic E-state index is 0.131. The molecule has 0 spiro atoms. The van der Waals surface area contributed by atoms with Crippen LogP contribution in [-0.2, 0) is 14.3 Å². The van der Waals surface area contributed by atoms with Crippen LogP contribution in [0.25, 0.3) is 10.4 Å². The summed E-state index contributed by atoms with van der Waals surface area (Å²) >= 11 is 0. The maximum Gasteiger partial charge on any atom is 0.303 e. The predicted molar refractivity (Wildman–Crippen MR) is 49.7 cm³/mol. The predicted octanol–water partition coefficient (Wildman–Crippen LogP) is 0.724. The molecule has 1 rings (SSSR count).